The van der Waals surface area contributed by atoms with Gasteiger partial charge in [-0.25, -0.2) is 9.37 Å². The molecule has 2 aliphatic heterocycles. The number of halogens is 2. The summed E-state index contributed by atoms with van der Waals surface area (Å²) in [5, 5.41) is 1.01. The third-order valence-electron chi connectivity index (χ3n) is 5.11. The van der Waals surface area contributed by atoms with Gasteiger partial charge in [-0.1, -0.05) is 6.07 Å². The molecule has 0 aliphatic carbocycles. The number of fused-ring (bicyclic) bond motifs is 2. The number of aryl methyl sites for hydroxylation is 1. The summed E-state index contributed by atoms with van der Waals surface area (Å²) in [4.78, 5) is 6.75. The number of hydrogen-bond acceptors (Lipinski definition) is 5. The lowest BCUT2D eigenvalue weighted by molar-refractivity contribution is 0.122. The number of hydrogen-bond donors (Lipinski definition) is 0. The molecule has 0 saturated carbocycles. The molecule has 2 aliphatic rings. The summed E-state index contributed by atoms with van der Waals surface area (Å²) < 4.78 is 31.0. The second-order valence-corrected chi connectivity index (χ2v) is 6.81. The molecule has 3 heterocycles. The van der Waals surface area contributed by atoms with Crippen molar-refractivity contribution in [2.24, 2.45) is 0 Å². The van der Waals surface area contributed by atoms with Crippen LogP contribution in [0.4, 0.5) is 10.1 Å². The Kier molecular flexibility index (Phi) is 5.00. The summed E-state index contributed by atoms with van der Waals surface area (Å²) in [7, 11) is 0. The van der Waals surface area contributed by atoms with E-state index < -0.39 is 0 Å². The van der Waals surface area contributed by atoms with Crippen LogP contribution < -0.4 is 14.4 Å². The number of anilines is 1. The molecule has 146 valence electrons. The SMILES string of the molecule is Cc1cc(-c2ccc(N3CCOCC3)c(F)c2)nc2cc3c(cc12)OCO3.Cl. The van der Waals surface area contributed by atoms with Crippen molar-refractivity contribution in [1.82, 2.24) is 4.98 Å². The van der Waals surface area contributed by atoms with Gasteiger partial charge in [-0.2, -0.15) is 0 Å². The van der Waals surface area contributed by atoms with Crippen LogP contribution in [0, 0.1) is 12.7 Å². The highest BCUT2D eigenvalue weighted by atomic mass is 35.5. The van der Waals surface area contributed by atoms with Crippen LogP contribution in [0.1, 0.15) is 5.56 Å². The first-order valence-corrected chi connectivity index (χ1v) is 9.03. The van der Waals surface area contributed by atoms with E-state index >= 15 is 0 Å². The number of benzene rings is 2. The van der Waals surface area contributed by atoms with Crippen molar-refractivity contribution in [2.45, 2.75) is 6.92 Å². The van der Waals surface area contributed by atoms with Crippen LogP contribution >= 0.6 is 12.4 Å². The van der Waals surface area contributed by atoms with Gasteiger partial charge < -0.3 is 19.1 Å². The van der Waals surface area contributed by atoms with Crippen molar-refractivity contribution >= 4 is 29.0 Å². The average Bonchev–Trinajstić information content (AvgIpc) is 3.14. The van der Waals surface area contributed by atoms with E-state index in [0.717, 1.165) is 33.5 Å². The Morgan fingerprint density at radius 1 is 1.00 bits per heavy atom. The van der Waals surface area contributed by atoms with Crippen LogP contribution in [0.2, 0.25) is 0 Å². The fraction of sp³-hybridized carbons (Fsp3) is 0.286. The molecule has 5 rings (SSSR count). The quantitative estimate of drug-likeness (QED) is 0.638. The highest BCUT2D eigenvalue weighted by molar-refractivity contribution is 5.88. The molecule has 28 heavy (non-hydrogen) atoms. The van der Waals surface area contributed by atoms with E-state index in [-0.39, 0.29) is 25.0 Å². The first-order valence-electron chi connectivity index (χ1n) is 9.03. The fourth-order valence-electron chi connectivity index (χ4n) is 3.66. The highest BCUT2D eigenvalue weighted by Crippen LogP contribution is 2.37. The lowest BCUT2D eigenvalue weighted by atomic mass is 10.0. The van der Waals surface area contributed by atoms with E-state index in [1.807, 2.05) is 42.2 Å². The maximum Gasteiger partial charge on any atom is 0.231 e. The predicted octanol–water partition coefficient (Wildman–Crippen LogP) is 4.34. The maximum absolute atomic E-state index is 14.8. The molecule has 2 aromatic carbocycles. The Morgan fingerprint density at radius 2 is 1.75 bits per heavy atom. The molecule has 0 radical (unpaired) electrons. The van der Waals surface area contributed by atoms with Gasteiger partial charge in [0.25, 0.3) is 0 Å². The van der Waals surface area contributed by atoms with Gasteiger partial charge in [-0.05, 0) is 36.8 Å². The zero-order valence-corrected chi connectivity index (χ0v) is 16.2. The molecule has 0 unspecified atom stereocenters. The number of aromatic nitrogens is 1. The molecule has 0 atom stereocenters. The predicted molar refractivity (Wildman–Crippen MR) is 108 cm³/mol. The number of pyridine rings is 1. The molecule has 1 aromatic heterocycles. The van der Waals surface area contributed by atoms with Gasteiger partial charge in [0.05, 0.1) is 30.1 Å². The largest absolute Gasteiger partial charge is 0.454 e. The van der Waals surface area contributed by atoms with E-state index in [1.165, 1.54) is 0 Å². The first-order chi connectivity index (χ1) is 13.2. The van der Waals surface area contributed by atoms with Crippen molar-refractivity contribution in [3.05, 3.63) is 47.8 Å². The van der Waals surface area contributed by atoms with Crippen molar-refractivity contribution < 1.29 is 18.6 Å². The molecular weight excluding hydrogens is 383 g/mol. The fourth-order valence-corrected chi connectivity index (χ4v) is 3.66. The van der Waals surface area contributed by atoms with Gasteiger partial charge in [0.2, 0.25) is 6.79 Å². The summed E-state index contributed by atoms with van der Waals surface area (Å²) in [5.74, 6) is 1.20. The molecule has 0 spiro atoms. The number of ether oxygens (including phenoxy) is 3. The second kappa shape index (κ2) is 7.45. The van der Waals surface area contributed by atoms with Gasteiger partial charge in [0, 0.05) is 30.1 Å². The lowest BCUT2D eigenvalue weighted by Crippen LogP contribution is -2.36. The van der Waals surface area contributed by atoms with Gasteiger partial charge in [-0.3, -0.25) is 0 Å². The van der Waals surface area contributed by atoms with Gasteiger partial charge in [0.15, 0.2) is 11.5 Å². The summed E-state index contributed by atoms with van der Waals surface area (Å²) in [6, 6.07) is 11.1. The minimum atomic E-state index is -0.236. The van der Waals surface area contributed by atoms with Gasteiger partial charge in [0.1, 0.15) is 5.82 Å². The van der Waals surface area contributed by atoms with Crippen LogP contribution in [0.3, 0.4) is 0 Å². The van der Waals surface area contributed by atoms with E-state index in [4.69, 9.17) is 19.2 Å². The van der Waals surface area contributed by atoms with Crippen LogP contribution in [0.5, 0.6) is 11.5 Å². The van der Waals surface area contributed by atoms with Gasteiger partial charge in [-0.15, -0.1) is 12.4 Å². The number of nitrogens with zero attached hydrogens (tertiary/aromatic N) is 2. The Bertz CT molecular complexity index is 1040. The maximum atomic E-state index is 14.8. The number of rotatable bonds is 2. The Balaban J connectivity index is 0.00000192. The zero-order valence-electron chi connectivity index (χ0n) is 15.4. The molecule has 5 nitrogen and oxygen atoms in total. The van der Waals surface area contributed by atoms with Crippen LogP contribution in [-0.2, 0) is 4.74 Å². The summed E-state index contributed by atoms with van der Waals surface area (Å²) >= 11 is 0. The van der Waals surface area contributed by atoms with E-state index in [1.54, 1.807) is 6.07 Å². The summed E-state index contributed by atoms with van der Waals surface area (Å²) in [6.45, 7) is 4.92. The smallest absolute Gasteiger partial charge is 0.231 e. The van der Waals surface area contributed by atoms with Crippen molar-refractivity contribution in [1.29, 1.82) is 0 Å². The molecule has 0 N–H and O–H groups in total. The minimum Gasteiger partial charge on any atom is -0.454 e. The van der Waals surface area contributed by atoms with Crippen molar-refractivity contribution in [3.8, 4) is 22.8 Å². The second-order valence-electron chi connectivity index (χ2n) is 6.81. The third-order valence-corrected chi connectivity index (χ3v) is 5.11. The van der Waals surface area contributed by atoms with E-state index in [9.17, 15) is 4.39 Å². The molecular formula is C21H20ClFN2O3. The van der Waals surface area contributed by atoms with Crippen molar-refractivity contribution in [2.75, 3.05) is 38.0 Å². The van der Waals surface area contributed by atoms with Crippen LogP contribution in [0.25, 0.3) is 22.2 Å². The first kappa shape index (κ1) is 18.8. The third kappa shape index (κ3) is 3.23. The van der Waals surface area contributed by atoms with E-state index in [2.05, 4.69) is 0 Å². The summed E-state index contributed by atoms with van der Waals surface area (Å²) in [5.41, 5.74) is 3.99. The van der Waals surface area contributed by atoms with Crippen molar-refractivity contribution in [3.63, 3.8) is 0 Å². The molecule has 3 aromatic rings. The van der Waals surface area contributed by atoms with E-state index in [0.29, 0.717) is 37.7 Å². The zero-order chi connectivity index (χ0) is 18.4. The van der Waals surface area contributed by atoms with Crippen LogP contribution in [0.15, 0.2) is 36.4 Å². The molecule has 1 saturated heterocycles. The Morgan fingerprint density at radius 3 is 2.50 bits per heavy atom. The van der Waals surface area contributed by atoms with Crippen LogP contribution in [-0.4, -0.2) is 38.1 Å². The molecule has 0 bridgehead atoms. The topological polar surface area (TPSA) is 43.8 Å². The lowest BCUT2D eigenvalue weighted by Gasteiger charge is -2.29. The standard InChI is InChI=1S/C21H19FN2O3.ClH/c1-13-8-17(23-18-11-21-20(10-15(13)18)26-12-27-21)14-2-3-19(16(22)9-14)24-4-6-25-7-5-24;/h2-3,8-11H,4-7,12H2,1H3;1H. The monoisotopic (exact) mass is 402 g/mol. The van der Waals surface area contributed by atoms with Gasteiger partial charge >= 0.3 is 0 Å². The molecule has 7 heteroatoms. The highest BCUT2D eigenvalue weighted by Gasteiger charge is 2.18. The number of morpholine rings is 1. The Hall–Kier alpha value is -2.57. The molecule has 0 amide bonds. The normalized spacial score (nSPS) is 15.6. The minimum absolute atomic E-state index is 0. The summed E-state index contributed by atoms with van der Waals surface area (Å²) in [6.07, 6.45) is 0. The Labute approximate surface area is 168 Å². The average molecular weight is 403 g/mol. The molecule has 1 fully saturated rings.